The van der Waals surface area contributed by atoms with Gasteiger partial charge in [-0.3, -0.25) is 41.1 Å². The summed E-state index contributed by atoms with van der Waals surface area (Å²) >= 11 is 0. The fourth-order valence-corrected chi connectivity index (χ4v) is 7.03. The number of likely N-dealkylation sites (tertiary alicyclic amines) is 1. The number of imide groups is 1. The number of aliphatic hydroxyl groups is 2. The highest BCUT2D eigenvalue weighted by Gasteiger charge is 2.78. The summed E-state index contributed by atoms with van der Waals surface area (Å²) in [5, 5.41) is 32.4. The Bertz CT molecular complexity index is 1550. The summed E-state index contributed by atoms with van der Waals surface area (Å²) in [6, 6.07) is 10.7. The van der Waals surface area contributed by atoms with E-state index in [4.69, 9.17) is 11.5 Å². The molecule has 2 aromatic carbocycles. The molecule has 1 spiro atoms. The van der Waals surface area contributed by atoms with Gasteiger partial charge in [0.15, 0.2) is 6.04 Å². The van der Waals surface area contributed by atoms with Crippen molar-refractivity contribution in [1.29, 1.82) is 0 Å². The van der Waals surface area contributed by atoms with Crippen molar-refractivity contribution in [2.24, 2.45) is 11.5 Å². The van der Waals surface area contributed by atoms with Crippen LogP contribution in [0.15, 0.2) is 42.5 Å². The molecular formula is C27H30N8O5+2. The van der Waals surface area contributed by atoms with Crippen molar-refractivity contribution >= 4 is 29.6 Å². The molecule has 2 aromatic rings. The van der Waals surface area contributed by atoms with Crippen LogP contribution in [0.25, 0.3) is 11.1 Å². The number of amides is 3. The number of nitrogens with zero attached hydrogens (tertiary/aromatic N) is 2. The molecule has 4 heterocycles. The fourth-order valence-electron chi connectivity index (χ4n) is 7.03. The summed E-state index contributed by atoms with van der Waals surface area (Å²) in [5.74, 6) is -3.51. The first-order valence-corrected chi connectivity index (χ1v) is 13.2. The summed E-state index contributed by atoms with van der Waals surface area (Å²) in [6.45, 7) is -0.112. The zero-order valence-corrected chi connectivity index (χ0v) is 21.5. The van der Waals surface area contributed by atoms with Gasteiger partial charge in [0.2, 0.25) is 11.8 Å². The van der Waals surface area contributed by atoms with E-state index in [1.165, 1.54) is 4.58 Å². The van der Waals surface area contributed by atoms with Crippen molar-refractivity contribution < 1.29 is 34.2 Å². The molecule has 13 nitrogen and oxygen atoms in total. The second-order valence-corrected chi connectivity index (χ2v) is 11.0. The van der Waals surface area contributed by atoms with Crippen LogP contribution in [-0.2, 0) is 16.0 Å². The van der Waals surface area contributed by atoms with Crippen LogP contribution >= 0.6 is 0 Å². The zero-order chi connectivity index (χ0) is 28.0. The Morgan fingerprint density at radius 3 is 2.60 bits per heavy atom. The number of nitrogens with one attached hydrogen (secondary N) is 4. The Kier molecular flexibility index (Phi) is 5.07. The van der Waals surface area contributed by atoms with Gasteiger partial charge in [-0.25, -0.2) is 9.89 Å². The Hall–Kier alpha value is -4.49. The lowest BCUT2D eigenvalue weighted by Crippen LogP contribution is -2.92. The average Bonchev–Trinajstić information content (AvgIpc) is 3.63. The topological polar surface area (TPSA) is 200 Å². The highest BCUT2D eigenvalue weighted by Crippen LogP contribution is 2.40. The zero-order valence-electron chi connectivity index (χ0n) is 21.5. The first-order valence-electron chi connectivity index (χ1n) is 13.2. The van der Waals surface area contributed by atoms with Gasteiger partial charge in [0.05, 0.1) is 13.1 Å². The molecule has 4 aliphatic heterocycles. The quantitative estimate of drug-likeness (QED) is 0.0903. The number of hydrogen-bond donors (Lipinski definition) is 8. The molecule has 10 N–H and O–H groups in total. The average molecular weight is 547 g/mol. The number of guanidine groups is 2. The van der Waals surface area contributed by atoms with Gasteiger partial charge in [-0.1, -0.05) is 36.4 Å². The minimum atomic E-state index is -2.58. The molecule has 2 fully saturated rings. The van der Waals surface area contributed by atoms with Gasteiger partial charge in [0.25, 0.3) is 17.4 Å². The predicted octanol–water partition coefficient (Wildman–Crippen LogP) is -4.44. The lowest BCUT2D eigenvalue weighted by atomic mass is 9.85. The summed E-state index contributed by atoms with van der Waals surface area (Å²) in [6.07, 6.45) is 0.959. The highest BCUT2D eigenvalue weighted by molar-refractivity contribution is 6.03. The molecule has 0 saturated carbocycles. The van der Waals surface area contributed by atoms with Crippen molar-refractivity contribution in [1.82, 2.24) is 20.9 Å². The molecule has 1 unspecified atom stereocenters. The highest BCUT2D eigenvalue weighted by atomic mass is 16.5. The van der Waals surface area contributed by atoms with Crippen LogP contribution in [0, 0.1) is 0 Å². The van der Waals surface area contributed by atoms with E-state index in [-0.39, 0.29) is 49.7 Å². The molecule has 0 bridgehead atoms. The molecule has 5 aliphatic rings. The first-order chi connectivity index (χ1) is 19.1. The second kappa shape index (κ2) is 8.26. The fraction of sp³-hybridized carbons (Fsp3) is 0.370. The van der Waals surface area contributed by atoms with Crippen LogP contribution in [0.4, 0.5) is 0 Å². The van der Waals surface area contributed by atoms with Gasteiger partial charge in [-0.15, -0.1) is 0 Å². The molecular weight excluding hydrogens is 516 g/mol. The van der Waals surface area contributed by atoms with Gasteiger partial charge in [0.1, 0.15) is 12.1 Å². The molecule has 206 valence electrons. The van der Waals surface area contributed by atoms with Crippen molar-refractivity contribution in [3.05, 3.63) is 59.2 Å². The maximum Gasteiger partial charge on any atom is 0.347 e. The molecule has 3 amide bonds. The van der Waals surface area contributed by atoms with Gasteiger partial charge >= 0.3 is 11.9 Å². The number of benzene rings is 2. The maximum atomic E-state index is 13.7. The SMILES string of the molecule is NC1=[NH+][C@H]2[C@H](CN3C(=O)CCC3=O)NC(N)=[N+]3CC(NC(=O)c4cccc5c4-c4ccccc4C5)C(O)(O)[C@]23N1. The number of hydrogen-bond acceptors (Lipinski definition) is 9. The summed E-state index contributed by atoms with van der Waals surface area (Å²) in [4.78, 5) is 42.5. The third-order valence-corrected chi connectivity index (χ3v) is 8.85. The van der Waals surface area contributed by atoms with Gasteiger partial charge < -0.3 is 15.5 Å². The van der Waals surface area contributed by atoms with Crippen LogP contribution in [0.5, 0.6) is 0 Å². The molecule has 0 aromatic heterocycles. The van der Waals surface area contributed by atoms with E-state index in [0.717, 1.165) is 27.2 Å². The minimum Gasteiger partial charge on any atom is -0.358 e. The van der Waals surface area contributed by atoms with Crippen molar-refractivity contribution in [2.45, 2.75) is 48.8 Å². The largest absolute Gasteiger partial charge is 0.358 e. The summed E-state index contributed by atoms with van der Waals surface area (Å²) in [7, 11) is 0. The molecule has 7 rings (SSSR count). The number of rotatable bonds is 4. The van der Waals surface area contributed by atoms with Crippen molar-refractivity contribution in [3.63, 3.8) is 0 Å². The number of fused-ring (bicyclic) bond motifs is 3. The van der Waals surface area contributed by atoms with Crippen molar-refractivity contribution in [3.8, 4) is 11.1 Å². The molecule has 1 aliphatic carbocycles. The smallest absolute Gasteiger partial charge is 0.347 e. The maximum absolute atomic E-state index is 13.7. The molecule has 4 atom stereocenters. The van der Waals surface area contributed by atoms with E-state index in [9.17, 15) is 24.6 Å². The molecule has 40 heavy (non-hydrogen) atoms. The van der Waals surface area contributed by atoms with E-state index < -0.39 is 35.5 Å². The lowest BCUT2D eigenvalue weighted by molar-refractivity contribution is -0.674. The third-order valence-electron chi connectivity index (χ3n) is 8.85. The Morgan fingerprint density at radius 2 is 1.82 bits per heavy atom. The van der Waals surface area contributed by atoms with Gasteiger partial charge in [-0.05, 0) is 34.7 Å². The van der Waals surface area contributed by atoms with E-state index >= 15 is 0 Å². The lowest BCUT2D eigenvalue weighted by Gasteiger charge is -2.41. The van der Waals surface area contributed by atoms with Crippen LogP contribution in [0.3, 0.4) is 0 Å². The Labute approximate surface area is 228 Å². The van der Waals surface area contributed by atoms with Crippen LogP contribution < -0.4 is 32.4 Å². The Morgan fingerprint density at radius 1 is 1.10 bits per heavy atom. The second-order valence-electron chi connectivity index (χ2n) is 11.0. The number of nitrogens with two attached hydrogens (primary N) is 2. The normalized spacial score (nSPS) is 29.3. The van der Waals surface area contributed by atoms with E-state index in [1.54, 1.807) is 6.07 Å². The monoisotopic (exact) mass is 546 g/mol. The summed E-state index contributed by atoms with van der Waals surface area (Å²) in [5.41, 5.74) is 15.2. The first kappa shape index (κ1) is 24.5. The molecule has 0 radical (unpaired) electrons. The number of carbonyl (C=O) groups is 3. The predicted molar refractivity (Wildman–Crippen MR) is 140 cm³/mol. The standard InChI is InChI=1S/C27H28N8O5/c28-24-32-22-17(11-34-19(36)8-9-20(34)37)30-25(29)35-12-18(27(39,40)26(22,35)33-24)31-23(38)16-7-3-5-14-10-13-4-1-2-6-15(13)21(14)16/h1-7,17-18,22,39-40H,8-12H2,(H6,28,29,30,31,32,33,38)/p+2/t17-,18?,22-,26-/m0/s1. The molecule has 2 saturated heterocycles. The third kappa shape index (κ3) is 3.18. The Balaban J connectivity index is 1.22. The van der Waals surface area contributed by atoms with E-state index in [2.05, 4.69) is 20.9 Å². The van der Waals surface area contributed by atoms with E-state index in [1.807, 2.05) is 36.4 Å². The summed E-state index contributed by atoms with van der Waals surface area (Å²) < 4.78 is 1.52. The van der Waals surface area contributed by atoms with Crippen LogP contribution in [-0.4, -0.2) is 92.0 Å². The number of carbonyl (C=O) groups excluding carboxylic acids is 3. The van der Waals surface area contributed by atoms with Crippen LogP contribution in [0.1, 0.15) is 34.3 Å². The minimum absolute atomic E-state index is 0.0523. The van der Waals surface area contributed by atoms with E-state index in [0.29, 0.717) is 12.0 Å². The van der Waals surface area contributed by atoms with Crippen LogP contribution in [0.2, 0.25) is 0 Å². The molecule has 13 heteroatoms. The van der Waals surface area contributed by atoms with Gasteiger partial charge in [0, 0.05) is 18.4 Å². The van der Waals surface area contributed by atoms with Crippen molar-refractivity contribution in [2.75, 3.05) is 13.1 Å². The van der Waals surface area contributed by atoms with Gasteiger partial charge in [-0.2, -0.15) is 0 Å².